The Morgan fingerprint density at radius 3 is 2.35 bits per heavy atom. The Balaban J connectivity index is 1.97. The standard InChI is InChI=1S/C18H17IN2OS/c1-13(17(19)23-12-14-8-4-3-5-9-14)21-16-11-7-6-10-15(16)20(2)18(21)22/h3-11H,12H2,1-2H3. The molecule has 3 nitrogen and oxygen atoms in total. The lowest BCUT2D eigenvalue weighted by molar-refractivity contribution is 0.852. The number of aromatic nitrogens is 2. The van der Waals surface area contributed by atoms with Crippen LogP contribution < -0.4 is 5.69 Å². The number of allylic oxidation sites excluding steroid dienone is 1. The lowest BCUT2D eigenvalue weighted by Crippen LogP contribution is -2.21. The number of thioether (sulfide) groups is 1. The Labute approximate surface area is 153 Å². The van der Waals surface area contributed by atoms with Gasteiger partial charge in [-0.2, -0.15) is 0 Å². The SMILES string of the molecule is CC(=C(I)SCc1ccccc1)n1c(=O)n(C)c2ccccc21. The molecule has 0 spiro atoms. The molecule has 0 amide bonds. The number of hydrogen-bond acceptors (Lipinski definition) is 2. The highest BCUT2D eigenvalue weighted by atomic mass is 127. The summed E-state index contributed by atoms with van der Waals surface area (Å²) in [6.07, 6.45) is 0. The monoisotopic (exact) mass is 436 g/mol. The number of para-hydroxylation sites is 2. The molecule has 0 radical (unpaired) electrons. The minimum absolute atomic E-state index is 0.00169. The van der Waals surface area contributed by atoms with Crippen molar-refractivity contribution in [2.75, 3.05) is 0 Å². The van der Waals surface area contributed by atoms with Crippen LogP contribution in [0.2, 0.25) is 0 Å². The van der Waals surface area contributed by atoms with Crippen LogP contribution in [0.1, 0.15) is 12.5 Å². The van der Waals surface area contributed by atoms with Gasteiger partial charge in [-0.25, -0.2) is 4.79 Å². The first-order chi connectivity index (χ1) is 11.1. The second kappa shape index (κ2) is 6.97. The van der Waals surface area contributed by atoms with Crippen molar-refractivity contribution in [2.24, 2.45) is 7.05 Å². The molecule has 2 aromatic carbocycles. The van der Waals surface area contributed by atoms with Crippen molar-refractivity contribution in [3.05, 3.63) is 73.6 Å². The average Bonchev–Trinajstić information content (AvgIpc) is 2.84. The molecule has 0 atom stereocenters. The van der Waals surface area contributed by atoms with E-state index in [-0.39, 0.29) is 5.69 Å². The van der Waals surface area contributed by atoms with Crippen molar-refractivity contribution in [1.82, 2.24) is 9.13 Å². The summed E-state index contributed by atoms with van der Waals surface area (Å²) >= 11 is 4.09. The molecule has 0 fully saturated rings. The molecule has 0 aliphatic carbocycles. The number of aryl methyl sites for hydroxylation is 1. The summed E-state index contributed by atoms with van der Waals surface area (Å²) in [4.78, 5) is 12.6. The fraction of sp³-hybridized carbons (Fsp3) is 0.167. The van der Waals surface area contributed by atoms with E-state index in [9.17, 15) is 4.79 Å². The summed E-state index contributed by atoms with van der Waals surface area (Å²) in [6.45, 7) is 2.01. The lowest BCUT2D eigenvalue weighted by atomic mass is 10.2. The van der Waals surface area contributed by atoms with Crippen LogP contribution in [0, 0.1) is 0 Å². The Morgan fingerprint density at radius 1 is 1.04 bits per heavy atom. The third-order valence-corrected chi connectivity index (χ3v) is 6.53. The largest absolute Gasteiger partial charge is 0.333 e. The van der Waals surface area contributed by atoms with E-state index >= 15 is 0 Å². The quantitative estimate of drug-likeness (QED) is 0.547. The molecule has 0 saturated carbocycles. The molecule has 1 aromatic heterocycles. The summed E-state index contributed by atoms with van der Waals surface area (Å²) in [5.74, 6) is 0.899. The van der Waals surface area contributed by atoms with Gasteiger partial charge in [0, 0.05) is 18.5 Å². The highest BCUT2D eigenvalue weighted by molar-refractivity contribution is 14.1. The average molecular weight is 436 g/mol. The zero-order valence-corrected chi connectivity index (χ0v) is 16.0. The first kappa shape index (κ1) is 16.4. The van der Waals surface area contributed by atoms with Crippen LogP contribution in [0.3, 0.4) is 0 Å². The molecule has 1 heterocycles. The summed E-state index contributed by atoms with van der Waals surface area (Å²) in [5, 5.41) is 0. The molecule has 0 aliphatic rings. The minimum atomic E-state index is -0.00169. The van der Waals surface area contributed by atoms with Gasteiger partial charge in [0.2, 0.25) is 0 Å². The van der Waals surface area contributed by atoms with E-state index in [0.29, 0.717) is 0 Å². The molecule has 3 aromatic rings. The van der Waals surface area contributed by atoms with Gasteiger partial charge >= 0.3 is 5.69 Å². The molecule has 118 valence electrons. The van der Waals surface area contributed by atoms with E-state index in [1.807, 2.05) is 44.3 Å². The van der Waals surface area contributed by atoms with Crippen LogP contribution in [0.5, 0.6) is 0 Å². The van der Waals surface area contributed by atoms with Gasteiger partial charge in [0.15, 0.2) is 0 Å². The molecule has 5 heteroatoms. The molecule has 0 bridgehead atoms. The molecule has 0 N–H and O–H groups in total. The fourth-order valence-electron chi connectivity index (χ4n) is 2.53. The third-order valence-electron chi connectivity index (χ3n) is 3.79. The van der Waals surface area contributed by atoms with E-state index in [1.54, 1.807) is 20.9 Å². The predicted octanol–water partition coefficient (Wildman–Crippen LogP) is 4.85. The molecule has 3 rings (SSSR count). The van der Waals surface area contributed by atoms with Crippen molar-refractivity contribution < 1.29 is 0 Å². The van der Waals surface area contributed by atoms with Crippen molar-refractivity contribution in [2.45, 2.75) is 12.7 Å². The summed E-state index contributed by atoms with van der Waals surface area (Å²) in [6, 6.07) is 18.3. The van der Waals surface area contributed by atoms with Crippen molar-refractivity contribution >= 4 is 51.1 Å². The number of rotatable bonds is 4. The maximum Gasteiger partial charge on any atom is 0.333 e. The van der Waals surface area contributed by atoms with Crippen LogP contribution in [-0.2, 0) is 12.8 Å². The highest BCUT2D eigenvalue weighted by Gasteiger charge is 2.13. The Morgan fingerprint density at radius 2 is 1.65 bits per heavy atom. The molecule has 0 saturated heterocycles. The smallest absolute Gasteiger partial charge is 0.295 e. The Bertz CT molecular complexity index is 925. The van der Waals surface area contributed by atoms with Crippen molar-refractivity contribution in [1.29, 1.82) is 0 Å². The highest BCUT2D eigenvalue weighted by Crippen LogP contribution is 2.32. The number of halogens is 1. The van der Waals surface area contributed by atoms with Crippen LogP contribution in [0.15, 0.2) is 62.3 Å². The second-order valence-electron chi connectivity index (χ2n) is 5.30. The third kappa shape index (κ3) is 3.26. The van der Waals surface area contributed by atoms with Gasteiger partial charge in [-0.05, 0) is 47.2 Å². The van der Waals surface area contributed by atoms with Crippen molar-refractivity contribution in [3.63, 3.8) is 0 Å². The van der Waals surface area contributed by atoms with Gasteiger partial charge in [-0.3, -0.25) is 9.13 Å². The fourth-order valence-corrected chi connectivity index (χ4v) is 4.02. The normalized spacial score (nSPS) is 12.5. The van der Waals surface area contributed by atoms with E-state index in [1.165, 1.54) is 5.56 Å². The molecular weight excluding hydrogens is 419 g/mol. The van der Waals surface area contributed by atoms with Gasteiger partial charge < -0.3 is 0 Å². The topological polar surface area (TPSA) is 26.9 Å². The number of nitrogens with zero attached hydrogens (tertiary/aromatic N) is 2. The van der Waals surface area contributed by atoms with Gasteiger partial charge in [-0.1, -0.05) is 42.5 Å². The van der Waals surface area contributed by atoms with Gasteiger partial charge in [0.1, 0.15) is 0 Å². The van der Waals surface area contributed by atoms with Crippen LogP contribution in [0.4, 0.5) is 0 Å². The number of benzene rings is 2. The summed E-state index contributed by atoms with van der Waals surface area (Å²) in [7, 11) is 1.82. The summed E-state index contributed by atoms with van der Waals surface area (Å²) in [5.41, 5.74) is 4.16. The summed E-state index contributed by atoms with van der Waals surface area (Å²) < 4.78 is 4.63. The molecule has 0 aliphatic heterocycles. The number of imidazole rings is 1. The number of hydrogen-bond donors (Lipinski definition) is 0. The van der Waals surface area contributed by atoms with Crippen LogP contribution >= 0.6 is 34.4 Å². The first-order valence-electron chi connectivity index (χ1n) is 7.29. The maximum atomic E-state index is 12.6. The van der Waals surface area contributed by atoms with E-state index < -0.39 is 0 Å². The van der Waals surface area contributed by atoms with Gasteiger partial charge in [0.05, 0.1) is 13.9 Å². The van der Waals surface area contributed by atoms with Gasteiger partial charge in [-0.15, -0.1) is 11.8 Å². The van der Waals surface area contributed by atoms with Crippen LogP contribution in [-0.4, -0.2) is 9.13 Å². The maximum absolute atomic E-state index is 12.6. The second-order valence-corrected chi connectivity index (χ2v) is 8.10. The zero-order valence-electron chi connectivity index (χ0n) is 13.0. The zero-order chi connectivity index (χ0) is 16.4. The van der Waals surface area contributed by atoms with E-state index in [0.717, 1.165) is 25.4 Å². The predicted molar refractivity (Wildman–Crippen MR) is 108 cm³/mol. The molecule has 23 heavy (non-hydrogen) atoms. The Hall–Kier alpha value is -1.47. The van der Waals surface area contributed by atoms with Crippen LogP contribution in [0.25, 0.3) is 16.7 Å². The molecular formula is C18H17IN2OS. The minimum Gasteiger partial charge on any atom is -0.295 e. The van der Waals surface area contributed by atoms with E-state index in [4.69, 9.17) is 0 Å². The first-order valence-corrected chi connectivity index (χ1v) is 9.36. The molecule has 0 unspecified atom stereocenters. The van der Waals surface area contributed by atoms with E-state index in [2.05, 4.69) is 46.9 Å². The lowest BCUT2D eigenvalue weighted by Gasteiger charge is -2.08. The number of fused-ring (bicyclic) bond motifs is 1. The van der Waals surface area contributed by atoms with Gasteiger partial charge in [0.25, 0.3) is 0 Å². The Kier molecular flexibility index (Phi) is 4.96. The van der Waals surface area contributed by atoms with Crippen molar-refractivity contribution in [3.8, 4) is 0 Å².